The third-order valence-electron chi connectivity index (χ3n) is 4.30. The Labute approximate surface area is 156 Å². The Bertz CT molecular complexity index is 956. The molecule has 0 bridgehead atoms. The fourth-order valence-electron chi connectivity index (χ4n) is 2.82. The smallest absolute Gasteiger partial charge is 0.248 e. The normalized spacial score (nSPS) is 13.5. The van der Waals surface area contributed by atoms with Crippen LogP contribution < -0.4 is 16.4 Å². The second-order valence-corrected chi connectivity index (χ2v) is 6.61. The molecular formula is C18H22N8O. The lowest BCUT2D eigenvalue weighted by atomic mass is 10.2. The van der Waals surface area contributed by atoms with E-state index in [1.54, 1.807) is 24.5 Å². The number of aryl methyl sites for hydroxylation is 1. The number of nitrogens with two attached hydrogens (primary N) is 1. The molecule has 0 spiro atoms. The lowest BCUT2D eigenvalue weighted by molar-refractivity contribution is 0.100. The number of carbonyl (C=O) groups is 1. The van der Waals surface area contributed by atoms with Crippen LogP contribution in [0, 0.1) is 0 Å². The topological polar surface area (TPSA) is 116 Å². The van der Waals surface area contributed by atoms with Crippen LogP contribution in [-0.2, 0) is 6.54 Å². The third kappa shape index (κ3) is 3.91. The fraction of sp³-hybridized carbons (Fsp3) is 0.333. The molecular weight excluding hydrogens is 344 g/mol. The van der Waals surface area contributed by atoms with Crippen molar-refractivity contribution < 1.29 is 4.79 Å². The van der Waals surface area contributed by atoms with Crippen molar-refractivity contribution in [1.82, 2.24) is 24.5 Å². The van der Waals surface area contributed by atoms with Gasteiger partial charge in [0, 0.05) is 23.9 Å². The highest BCUT2D eigenvalue weighted by Crippen LogP contribution is 2.34. The first-order valence-corrected chi connectivity index (χ1v) is 9.05. The molecule has 1 fully saturated rings. The van der Waals surface area contributed by atoms with E-state index in [1.807, 2.05) is 21.5 Å². The Hall–Kier alpha value is -3.36. The van der Waals surface area contributed by atoms with Crippen molar-refractivity contribution in [2.45, 2.75) is 38.8 Å². The second kappa shape index (κ2) is 7.10. The van der Waals surface area contributed by atoms with Gasteiger partial charge in [-0.3, -0.25) is 4.79 Å². The van der Waals surface area contributed by atoms with Crippen molar-refractivity contribution in [1.29, 1.82) is 0 Å². The van der Waals surface area contributed by atoms with Crippen LogP contribution in [0.2, 0.25) is 0 Å². The van der Waals surface area contributed by atoms with E-state index in [1.165, 1.54) is 0 Å². The maximum absolute atomic E-state index is 11.4. The van der Waals surface area contributed by atoms with Crippen LogP contribution in [0.5, 0.6) is 0 Å². The zero-order valence-corrected chi connectivity index (χ0v) is 15.1. The molecule has 1 aromatic carbocycles. The second-order valence-electron chi connectivity index (χ2n) is 6.61. The Balaban J connectivity index is 1.54. The monoisotopic (exact) mass is 366 g/mol. The average molecular weight is 366 g/mol. The zero-order chi connectivity index (χ0) is 18.8. The number of aromatic nitrogens is 5. The Morgan fingerprint density at radius 1 is 1.26 bits per heavy atom. The first kappa shape index (κ1) is 17.1. The Morgan fingerprint density at radius 2 is 2.11 bits per heavy atom. The van der Waals surface area contributed by atoms with E-state index >= 15 is 0 Å². The van der Waals surface area contributed by atoms with E-state index in [9.17, 15) is 4.79 Å². The average Bonchev–Trinajstić information content (AvgIpc) is 3.29. The molecule has 0 atom stereocenters. The van der Waals surface area contributed by atoms with Crippen LogP contribution in [0.1, 0.15) is 42.6 Å². The van der Waals surface area contributed by atoms with Crippen LogP contribution >= 0.6 is 0 Å². The lowest BCUT2D eigenvalue weighted by Crippen LogP contribution is -2.10. The summed E-state index contributed by atoms with van der Waals surface area (Å²) in [6.45, 7) is 2.85. The molecule has 2 aromatic heterocycles. The molecule has 1 amide bonds. The number of primary amides is 1. The van der Waals surface area contributed by atoms with Crippen molar-refractivity contribution in [3.8, 4) is 0 Å². The van der Waals surface area contributed by atoms with Crippen LogP contribution in [0.3, 0.4) is 0 Å². The van der Waals surface area contributed by atoms with E-state index in [2.05, 4.69) is 32.7 Å². The molecule has 0 aliphatic heterocycles. The maximum atomic E-state index is 11.4. The molecule has 1 saturated carbocycles. The van der Waals surface area contributed by atoms with Crippen LogP contribution in [0.15, 0.2) is 36.7 Å². The van der Waals surface area contributed by atoms with Gasteiger partial charge in [0.15, 0.2) is 5.82 Å². The number of anilines is 4. The summed E-state index contributed by atoms with van der Waals surface area (Å²) < 4.78 is 3.77. The summed E-state index contributed by atoms with van der Waals surface area (Å²) in [6.07, 6.45) is 5.02. The number of nitrogens with one attached hydrogen (secondary N) is 2. The summed E-state index contributed by atoms with van der Waals surface area (Å²) in [7, 11) is 0. The molecule has 1 aliphatic rings. The van der Waals surface area contributed by atoms with Crippen LogP contribution in [0.25, 0.3) is 0 Å². The van der Waals surface area contributed by atoms with Crippen LogP contribution in [0.4, 0.5) is 23.3 Å². The van der Waals surface area contributed by atoms with Crippen molar-refractivity contribution in [2.75, 3.05) is 10.6 Å². The van der Waals surface area contributed by atoms with Gasteiger partial charge in [0.05, 0.1) is 6.04 Å². The number of hydrogen-bond donors (Lipinski definition) is 3. The number of carbonyl (C=O) groups excluding carboxylic acids is 1. The van der Waals surface area contributed by atoms with Gasteiger partial charge in [0.2, 0.25) is 11.9 Å². The summed E-state index contributed by atoms with van der Waals surface area (Å²) in [5.41, 5.74) is 6.54. The first-order valence-electron chi connectivity index (χ1n) is 9.05. The molecule has 9 heteroatoms. The van der Waals surface area contributed by atoms with Gasteiger partial charge in [-0.25, -0.2) is 14.3 Å². The predicted molar refractivity (Wildman–Crippen MR) is 102 cm³/mol. The molecule has 4 N–H and O–H groups in total. The molecule has 4 rings (SSSR count). The van der Waals surface area contributed by atoms with Crippen molar-refractivity contribution in [3.63, 3.8) is 0 Å². The summed E-state index contributed by atoms with van der Waals surface area (Å²) in [5.74, 6) is 1.56. The predicted octanol–water partition coefficient (Wildman–Crippen LogP) is 2.81. The number of nitrogens with zero attached hydrogens (tertiary/aromatic N) is 5. The molecule has 0 radical (unpaired) electrons. The van der Waals surface area contributed by atoms with Crippen molar-refractivity contribution in [2.24, 2.45) is 5.73 Å². The minimum atomic E-state index is -0.463. The summed E-state index contributed by atoms with van der Waals surface area (Å²) in [4.78, 5) is 15.7. The van der Waals surface area contributed by atoms with Gasteiger partial charge in [-0.15, -0.1) is 5.10 Å². The zero-order valence-electron chi connectivity index (χ0n) is 15.1. The molecule has 9 nitrogen and oxygen atoms in total. The highest BCUT2D eigenvalue weighted by Gasteiger charge is 2.25. The summed E-state index contributed by atoms with van der Waals surface area (Å²) >= 11 is 0. The standard InChI is InChI=1S/C18H22N8O/c1-2-8-25-16(22-18-20-11-26(24-18)14-6-7-14)10-15(23-25)21-13-5-3-4-12(9-13)17(19)27/h3-5,9-11,14H,2,6-8H2,1H3,(H2,19,27)(H,21,23)(H,22,24). The number of amides is 1. The number of benzene rings is 1. The highest BCUT2D eigenvalue weighted by molar-refractivity contribution is 5.93. The van der Waals surface area contributed by atoms with Crippen molar-refractivity contribution >= 4 is 29.2 Å². The molecule has 3 aromatic rings. The minimum absolute atomic E-state index is 0.446. The van der Waals surface area contributed by atoms with E-state index in [0.717, 1.165) is 37.3 Å². The molecule has 0 unspecified atom stereocenters. The molecule has 1 aliphatic carbocycles. The van der Waals surface area contributed by atoms with Crippen molar-refractivity contribution in [3.05, 3.63) is 42.2 Å². The lowest BCUT2D eigenvalue weighted by Gasteiger charge is -2.05. The molecule has 27 heavy (non-hydrogen) atoms. The molecule has 0 saturated heterocycles. The largest absolute Gasteiger partial charge is 0.366 e. The molecule has 2 heterocycles. The van der Waals surface area contributed by atoms with E-state index in [0.29, 0.717) is 23.4 Å². The van der Waals surface area contributed by atoms with Gasteiger partial charge < -0.3 is 16.4 Å². The van der Waals surface area contributed by atoms with Gasteiger partial charge in [0.1, 0.15) is 12.1 Å². The summed E-state index contributed by atoms with van der Waals surface area (Å²) in [6, 6.07) is 9.40. The van der Waals surface area contributed by atoms with Gasteiger partial charge >= 0.3 is 0 Å². The summed E-state index contributed by atoms with van der Waals surface area (Å²) in [5, 5.41) is 15.5. The minimum Gasteiger partial charge on any atom is -0.366 e. The van der Waals surface area contributed by atoms with Gasteiger partial charge in [-0.05, 0) is 37.5 Å². The van der Waals surface area contributed by atoms with E-state index in [-0.39, 0.29) is 0 Å². The Kier molecular flexibility index (Phi) is 4.49. The third-order valence-corrected chi connectivity index (χ3v) is 4.30. The van der Waals surface area contributed by atoms with Gasteiger partial charge in [-0.2, -0.15) is 5.10 Å². The highest BCUT2D eigenvalue weighted by atomic mass is 16.1. The van der Waals surface area contributed by atoms with E-state index < -0.39 is 5.91 Å². The van der Waals surface area contributed by atoms with Gasteiger partial charge in [-0.1, -0.05) is 13.0 Å². The quantitative estimate of drug-likeness (QED) is 0.564. The Morgan fingerprint density at radius 3 is 2.85 bits per heavy atom. The maximum Gasteiger partial charge on any atom is 0.248 e. The number of hydrogen-bond acceptors (Lipinski definition) is 6. The number of rotatable bonds is 8. The van der Waals surface area contributed by atoms with E-state index in [4.69, 9.17) is 5.73 Å². The first-order chi connectivity index (χ1) is 13.1. The van der Waals surface area contributed by atoms with Gasteiger partial charge in [0.25, 0.3) is 0 Å². The molecule has 140 valence electrons. The van der Waals surface area contributed by atoms with Crippen LogP contribution in [-0.4, -0.2) is 30.5 Å². The SMILES string of the molecule is CCCn1nc(Nc2cccc(C(N)=O)c2)cc1Nc1ncn(C2CC2)n1. The fourth-order valence-corrected chi connectivity index (χ4v) is 2.82.